The molecule has 116 valence electrons. The van der Waals surface area contributed by atoms with Crippen LogP contribution in [0.15, 0.2) is 23.4 Å². The van der Waals surface area contributed by atoms with Crippen LogP contribution in [0.5, 0.6) is 0 Å². The van der Waals surface area contributed by atoms with Crippen molar-refractivity contribution in [2.75, 3.05) is 13.2 Å². The summed E-state index contributed by atoms with van der Waals surface area (Å²) < 4.78 is 4.85. The summed E-state index contributed by atoms with van der Waals surface area (Å²) in [5.74, 6) is -0.502. The van der Waals surface area contributed by atoms with Crippen molar-refractivity contribution < 1.29 is 14.3 Å². The van der Waals surface area contributed by atoms with Crippen LogP contribution in [0.3, 0.4) is 0 Å². The number of nitrogens with one attached hydrogen (secondary N) is 1. The molecule has 0 amide bonds. The highest BCUT2D eigenvalue weighted by Crippen LogP contribution is 2.36. The lowest BCUT2D eigenvalue weighted by Crippen LogP contribution is -2.30. The van der Waals surface area contributed by atoms with Crippen molar-refractivity contribution >= 4 is 23.1 Å². The van der Waals surface area contributed by atoms with E-state index in [-0.39, 0.29) is 23.8 Å². The molecule has 1 aliphatic carbocycles. The van der Waals surface area contributed by atoms with Crippen LogP contribution in [0, 0.1) is 18.3 Å². The van der Waals surface area contributed by atoms with Crippen LogP contribution in [-0.2, 0) is 14.3 Å². The van der Waals surface area contributed by atoms with Gasteiger partial charge in [-0.15, -0.1) is 11.3 Å². The summed E-state index contributed by atoms with van der Waals surface area (Å²) in [5.41, 5.74) is 0.677. The molecule has 0 saturated heterocycles. The molecule has 5 nitrogen and oxygen atoms in total. The minimum absolute atomic E-state index is 0.0299. The molecule has 0 fully saturated rings. The van der Waals surface area contributed by atoms with Crippen LogP contribution in [0.2, 0.25) is 0 Å². The molecule has 6 heteroatoms. The number of hydrogen-bond donors (Lipinski definition) is 1. The van der Waals surface area contributed by atoms with Gasteiger partial charge in [-0.25, -0.2) is 0 Å². The van der Waals surface area contributed by atoms with Gasteiger partial charge < -0.3 is 10.1 Å². The van der Waals surface area contributed by atoms with Gasteiger partial charge in [-0.05, 0) is 32.4 Å². The normalized spacial score (nSPS) is 18.0. The number of carbonyl (C=O) groups excluding carboxylic acids is 2. The number of allylic oxidation sites excluding steroid dienone is 2. The first kappa shape index (κ1) is 16.2. The van der Waals surface area contributed by atoms with Crippen molar-refractivity contribution in [3.8, 4) is 6.07 Å². The average molecular weight is 318 g/mol. The van der Waals surface area contributed by atoms with E-state index < -0.39 is 5.97 Å². The van der Waals surface area contributed by atoms with Gasteiger partial charge in [-0.2, -0.15) is 5.26 Å². The van der Waals surface area contributed by atoms with E-state index in [4.69, 9.17) is 4.74 Å². The Balaban J connectivity index is 2.15. The van der Waals surface area contributed by atoms with Crippen LogP contribution in [-0.4, -0.2) is 24.9 Å². The average Bonchev–Trinajstić information content (AvgIpc) is 2.91. The summed E-state index contributed by atoms with van der Waals surface area (Å²) >= 11 is 1.66. The molecule has 1 unspecified atom stereocenters. The van der Waals surface area contributed by atoms with E-state index in [1.807, 2.05) is 25.1 Å². The smallest absolute Gasteiger partial charge is 0.325 e. The van der Waals surface area contributed by atoms with Crippen molar-refractivity contribution in [2.45, 2.75) is 32.6 Å². The zero-order valence-corrected chi connectivity index (χ0v) is 13.5. The summed E-state index contributed by atoms with van der Waals surface area (Å²) in [4.78, 5) is 25.9. The minimum atomic E-state index is -0.395. The van der Waals surface area contributed by atoms with E-state index in [2.05, 4.69) is 5.32 Å². The number of Topliss-reactive ketones (excluding diaryl/α,β-unsaturated/α-hetero) is 1. The highest BCUT2D eigenvalue weighted by Gasteiger charge is 2.29. The Hall–Kier alpha value is -2.13. The molecule has 2 rings (SSSR count). The molecule has 0 saturated carbocycles. The number of nitriles is 1. The van der Waals surface area contributed by atoms with Gasteiger partial charge in [0.25, 0.3) is 0 Å². The standard InChI is InChI=1S/C16H18N2O3S/c1-3-21-16(20)9-18-13-6-11(7-14(19)12(13)8-17)15-5-4-10(2)22-15/h4-5,11,18H,3,6-7,9H2,1-2H3. The van der Waals surface area contributed by atoms with Gasteiger partial charge in [0.05, 0.1) is 6.61 Å². The molecule has 1 N–H and O–H groups in total. The van der Waals surface area contributed by atoms with Gasteiger partial charge in [0.15, 0.2) is 5.78 Å². The molecule has 0 spiro atoms. The van der Waals surface area contributed by atoms with E-state index in [1.165, 1.54) is 4.88 Å². The molecule has 1 aromatic rings. The Labute approximate surface area is 133 Å². The third kappa shape index (κ3) is 3.74. The van der Waals surface area contributed by atoms with Crippen molar-refractivity contribution in [1.82, 2.24) is 5.32 Å². The molecule has 1 aromatic heterocycles. The first-order valence-electron chi connectivity index (χ1n) is 7.17. The molecule has 0 bridgehead atoms. The number of esters is 1. The van der Waals surface area contributed by atoms with E-state index in [1.54, 1.807) is 18.3 Å². The fourth-order valence-electron chi connectivity index (χ4n) is 2.47. The molecule has 1 aliphatic rings. The number of ketones is 1. The maximum atomic E-state index is 12.2. The van der Waals surface area contributed by atoms with Crippen molar-refractivity contribution in [3.05, 3.63) is 33.2 Å². The van der Waals surface area contributed by atoms with E-state index >= 15 is 0 Å². The SMILES string of the molecule is CCOC(=O)CNC1=C(C#N)C(=O)CC(c2ccc(C)s2)C1. The largest absolute Gasteiger partial charge is 0.465 e. The summed E-state index contributed by atoms with van der Waals surface area (Å²) in [7, 11) is 0. The highest BCUT2D eigenvalue weighted by atomic mass is 32.1. The molecular formula is C16H18N2O3S. The first-order chi connectivity index (χ1) is 10.5. The van der Waals surface area contributed by atoms with Crippen molar-refractivity contribution in [1.29, 1.82) is 5.26 Å². The van der Waals surface area contributed by atoms with Gasteiger partial charge in [0.1, 0.15) is 18.2 Å². The fraction of sp³-hybridized carbons (Fsp3) is 0.438. The van der Waals surface area contributed by atoms with Crippen LogP contribution in [0.1, 0.15) is 35.4 Å². The monoisotopic (exact) mass is 318 g/mol. The Bertz CT molecular complexity index is 655. The molecule has 1 heterocycles. The second kappa shape index (κ2) is 7.23. The molecule has 1 atom stereocenters. The third-order valence-electron chi connectivity index (χ3n) is 3.49. The van der Waals surface area contributed by atoms with E-state index in [0.29, 0.717) is 25.1 Å². The zero-order valence-electron chi connectivity index (χ0n) is 12.6. The van der Waals surface area contributed by atoms with Crippen LogP contribution < -0.4 is 5.32 Å². The van der Waals surface area contributed by atoms with Gasteiger partial charge in [-0.1, -0.05) is 0 Å². The number of nitrogens with zero attached hydrogens (tertiary/aromatic N) is 1. The van der Waals surface area contributed by atoms with Gasteiger partial charge >= 0.3 is 5.97 Å². The lowest BCUT2D eigenvalue weighted by atomic mass is 9.85. The van der Waals surface area contributed by atoms with E-state index in [9.17, 15) is 14.9 Å². The predicted octanol–water partition coefficient (Wildman–Crippen LogP) is 2.43. The molecule has 0 radical (unpaired) electrons. The molecular weight excluding hydrogens is 300 g/mol. The number of thiophene rings is 1. The van der Waals surface area contributed by atoms with Crippen LogP contribution in [0.4, 0.5) is 0 Å². The van der Waals surface area contributed by atoms with Crippen LogP contribution >= 0.6 is 11.3 Å². The molecule has 0 aromatic carbocycles. The number of aryl methyl sites for hydroxylation is 1. The Morgan fingerprint density at radius 3 is 2.86 bits per heavy atom. The lowest BCUT2D eigenvalue weighted by molar-refractivity contribution is -0.141. The highest BCUT2D eigenvalue weighted by molar-refractivity contribution is 7.12. The van der Waals surface area contributed by atoms with Crippen molar-refractivity contribution in [3.63, 3.8) is 0 Å². The topological polar surface area (TPSA) is 79.2 Å². The Kier molecular flexibility index (Phi) is 5.34. The van der Waals surface area contributed by atoms with Gasteiger partial charge in [-0.3, -0.25) is 9.59 Å². The minimum Gasteiger partial charge on any atom is -0.465 e. The second-order valence-corrected chi connectivity index (χ2v) is 6.42. The third-order valence-corrected chi connectivity index (χ3v) is 4.65. The summed E-state index contributed by atoms with van der Waals surface area (Å²) in [6.07, 6.45) is 0.904. The van der Waals surface area contributed by atoms with E-state index in [0.717, 1.165) is 4.88 Å². The summed E-state index contributed by atoms with van der Waals surface area (Å²) in [6.45, 7) is 4.03. The molecule has 0 aliphatic heterocycles. The maximum absolute atomic E-state index is 12.2. The lowest BCUT2D eigenvalue weighted by Gasteiger charge is -2.23. The predicted molar refractivity (Wildman–Crippen MR) is 83.3 cm³/mol. The van der Waals surface area contributed by atoms with Crippen LogP contribution in [0.25, 0.3) is 0 Å². The number of rotatable bonds is 5. The number of hydrogen-bond acceptors (Lipinski definition) is 6. The molecule has 22 heavy (non-hydrogen) atoms. The zero-order chi connectivity index (χ0) is 16.1. The summed E-state index contributed by atoms with van der Waals surface area (Å²) in [6, 6.07) is 6.01. The number of carbonyl (C=O) groups is 2. The Morgan fingerprint density at radius 2 is 2.27 bits per heavy atom. The fourth-order valence-corrected chi connectivity index (χ4v) is 3.45. The summed E-state index contributed by atoms with van der Waals surface area (Å²) in [5, 5.41) is 12.1. The first-order valence-corrected chi connectivity index (χ1v) is 7.99. The number of ether oxygens (including phenoxy) is 1. The van der Waals surface area contributed by atoms with Gasteiger partial charge in [0, 0.05) is 27.8 Å². The van der Waals surface area contributed by atoms with Gasteiger partial charge in [0.2, 0.25) is 0 Å². The quantitative estimate of drug-likeness (QED) is 0.844. The van der Waals surface area contributed by atoms with Crippen molar-refractivity contribution in [2.24, 2.45) is 0 Å². The Morgan fingerprint density at radius 1 is 1.50 bits per heavy atom. The second-order valence-electron chi connectivity index (χ2n) is 5.10. The maximum Gasteiger partial charge on any atom is 0.325 e.